The SMILES string of the molecule is CCC(CNC(=O)C[C@H]1CCCC[C@@H]1O)Oc1ccccc1Cl. The van der Waals surface area contributed by atoms with Crippen LogP contribution in [-0.4, -0.2) is 29.8 Å². The molecule has 1 aliphatic carbocycles. The quantitative estimate of drug-likeness (QED) is 0.798. The highest BCUT2D eigenvalue weighted by Gasteiger charge is 2.25. The Bertz CT molecular complexity index is 509. The molecule has 2 rings (SSSR count). The molecule has 0 aromatic heterocycles. The van der Waals surface area contributed by atoms with Gasteiger partial charge < -0.3 is 15.2 Å². The third-order valence-corrected chi connectivity index (χ3v) is 4.74. The lowest BCUT2D eigenvalue weighted by atomic mass is 9.84. The van der Waals surface area contributed by atoms with E-state index in [0.717, 1.165) is 32.1 Å². The molecule has 0 bridgehead atoms. The molecule has 1 aliphatic rings. The molecule has 5 heteroatoms. The van der Waals surface area contributed by atoms with Crippen molar-refractivity contribution < 1.29 is 14.6 Å². The fourth-order valence-electron chi connectivity index (χ4n) is 2.95. The van der Waals surface area contributed by atoms with Crippen LogP contribution < -0.4 is 10.1 Å². The Morgan fingerprint density at radius 1 is 1.39 bits per heavy atom. The first-order valence-electron chi connectivity index (χ1n) is 8.46. The van der Waals surface area contributed by atoms with Gasteiger partial charge in [0.15, 0.2) is 0 Å². The van der Waals surface area contributed by atoms with Crippen molar-refractivity contribution in [1.82, 2.24) is 5.32 Å². The average Bonchev–Trinajstić information content (AvgIpc) is 2.55. The third kappa shape index (κ3) is 5.70. The van der Waals surface area contributed by atoms with Crippen LogP contribution in [0.3, 0.4) is 0 Å². The van der Waals surface area contributed by atoms with Crippen LogP contribution in [0.4, 0.5) is 0 Å². The van der Waals surface area contributed by atoms with Gasteiger partial charge in [0.05, 0.1) is 17.7 Å². The van der Waals surface area contributed by atoms with Gasteiger partial charge in [-0.05, 0) is 37.3 Å². The second kappa shape index (κ2) is 9.14. The molecule has 0 spiro atoms. The number of aliphatic hydroxyl groups excluding tert-OH is 1. The first-order chi connectivity index (χ1) is 11.1. The second-order valence-electron chi connectivity index (χ2n) is 6.20. The normalized spacial score (nSPS) is 22.4. The number of carbonyl (C=O) groups excluding carboxylic acids is 1. The number of hydrogen-bond donors (Lipinski definition) is 2. The maximum Gasteiger partial charge on any atom is 0.220 e. The zero-order valence-corrected chi connectivity index (χ0v) is 14.4. The predicted molar refractivity (Wildman–Crippen MR) is 91.8 cm³/mol. The van der Waals surface area contributed by atoms with Gasteiger partial charge in [0.2, 0.25) is 5.91 Å². The standard InChI is InChI=1S/C18H26ClNO3/c1-2-14(23-17-10-6-4-8-15(17)19)12-20-18(22)11-13-7-3-5-9-16(13)21/h4,6,8,10,13-14,16,21H,2-3,5,7,9,11-12H2,1H3,(H,20,22)/t13-,14?,16+/m1/s1. The van der Waals surface area contributed by atoms with Crippen molar-refractivity contribution in [3.8, 4) is 5.75 Å². The minimum Gasteiger partial charge on any atom is -0.487 e. The molecule has 1 aromatic carbocycles. The van der Waals surface area contributed by atoms with Gasteiger partial charge in [-0.3, -0.25) is 4.79 Å². The first-order valence-corrected chi connectivity index (χ1v) is 8.84. The summed E-state index contributed by atoms with van der Waals surface area (Å²) in [5.74, 6) is 0.712. The molecule has 128 valence electrons. The molecule has 4 nitrogen and oxygen atoms in total. The lowest BCUT2D eigenvalue weighted by Crippen LogP contribution is -2.37. The summed E-state index contributed by atoms with van der Waals surface area (Å²) in [5.41, 5.74) is 0. The van der Waals surface area contributed by atoms with Gasteiger partial charge in [0, 0.05) is 6.42 Å². The summed E-state index contributed by atoms with van der Waals surface area (Å²) in [6.45, 7) is 2.46. The lowest BCUT2D eigenvalue weighted by molar-refractivity contribution is -0.123. The minimum absolute atomic E-state index is 0.0165. The van der Waals surface area contributed by atoms with Crippen LogP contribution in [0.5, 0.6) is 5.75 Å². The van der Waals surface area contributed by atoms with Crippen molar-refractivity contribution in [2.24, 2.45) is 5.92 Å². The van der Waals surface area contributed by atoms with Crippen LogP contribution in [-0.2, 0) is 4.79 Å². The van der Waals surface area contributed by atoms with E-state index in [-0.39, 0.29) is 24.0 Å². The zero-order chi connectivity index (χ0) is 16.7. The largest absolute Gasteiger partial charge is 0.487 e. The topological polar surface area (TPSA) is 58.6 Å². The molecule has 1 fully saturated rings. The number of nitrogens with one attached hydrogen (secondary N) is 1. The van der Waals surface area contributed by atoms with Gasteiger partial charge in [-0.15, -0.1) is 0 Å². The molecule has 2 N–H and O–H groups in total. The van der Waals surface area contributed by atoms with Crippen LogP contribution in [0.15, 0.2) is 24.3 Å². The number of aliphatic hydroxyl groups is 1. The molecule has 0 heterocycles. The van der Waals surface area contributed by atoms with E-state index in [9.17, 15) is 9.90 Å². The Hall–Kier alpha value is -1.26. The number of rotatable bonds is 7. The third-order valence-electron chi connectivity index (χ3n) is 4.43. The summed E-state index contributed by atoms with van der Waals surface area (Å²) in [7, 11) is 0. The zero-order valence-electron chi connectivity index (χ0n) is 13.6. The van der Waals surface area contributed by atoms with Crippen LogP contribution >= 0.6 is 11.6 Å². The first kappa shape index (κ1) is 18.1. The van der Waals surface area contributed by atoms with Crippen LogP contribution in [0.25, 0.3) is 0 Å². The molecule has 1 amide bonds. The van der Waals surface area contributed by atoms with Crippen LogP contribution in [0.2, 0.25) is 5.02 Å². The summed E-state index contributed by atoms with van der Waals surface area (Å²) in [6.07, 6.45) is 4.62. The van der Waals surface area contributed by atoms with Gasteiger partial charge >= 0.3 is 0 Å². The highest BCUT2D eigenvalue weighted by molar-refractivity contribution is 6.32. The summed E-state index contributed by atoms with van der Waals surface area (Å²) < 4.78 is 5.86. The maximum absolute atomic E-state index is 12.1. The summed E-state index contributed by atoms with van der Waals surface area (Å²) in [4.78, 5) is 12.1. The Labute approximate surface area is 143 Å². The van der Waals surface area contributed by atoms with E-state index in [1.807, 2.05) is 25.1 Å². The van der Waals surface area contributed by atoms with Crippen molar-refractivity contribution in [3.05, 3.63) is 29.3 Å². The van der Waals surface area contributed by atoms with Gasteiger partial charge in [0.25, 0.3) is 0 Å². The van der Waals surface area contributed by atoms with Gasteiger partial charge in [-0.2, -0.15) is 0 Å². The summed E-state index contributed by atoms with van der Waals surface area (Å²) in [5, 5.41) is 13.4. The molecule has 1 saturated carbocycles. The second-order valence-corrected chi connectivity index (χ2v) is 6.61. The van der Waals surface area contributed by atoms with E-state index >= 15 is 0 Å². The van der Waals surface area contributed by atoms with E-state index < -0.39 is 0 Å². The number of carbonyl (C=O) groups is 1. The lowest BCUT2D eigenvalue weighted by Gasteiger charge is -2.27. The molecule has 0 radical (unpaired) electrons. The van der Waals surface area contributed by atoms with Crippen LogP contribution in [0.1, 0.15) is 45.4 Å². The molecule has 1 unspecified atom stereocenters. The van der Waals surface area contributed by atoms with Gasteiger partial charge in [0.1, 0.15) is 11.9 Å². The number of benzene rings is 1. The number of hydrogen-bond acceptors (Lipinski definition) is 3. The monoisotopic (exact) mass is 339 g/mol. The molecular weight excluding hydrogens is 314 g/mol. The molecule has 0 aliphatic heterocycles. The van der Waals surface area contributed by atoms with Gasteiger partial charge in [-0.25, -0.2) is 0 Å². The van der Waals surface area contributed by atoms with Crippen molar-refractivity contribution in [2.45, 2.75) is 57.7 Å². The average molecular weight is 340 g/mol. The molecule has 1 aromatic rings. The van der Waals surface area contributed by atoms with E-state index in [1.165, 1.54) is 0 Å². The summed E-state index contributed by atoms with van der Waals surface area (Å²) >= 11 is 6.09. The van der Waals surface area contributed by atoms with E-state index in [2.05, 4.69) is 5.32 Å². The van der Waals surface area contributed by atoms with Crippen molar-refractivity contribution in [3.63, 3.8) is 0 Å². The number of halogens is 1. The smallest absolute Gasteiger partial charge is 0.220 e. The molecule has 3 atom stereocenters. The van der Waals surface area contributed by atoms with Crippen molar-refractivity contribution >= 4 is 17.5 Å². The maximum atomic E-state index is 12.1. The molecular formula is C18H26ClNO3. The predicted octanol–water partition coefficient (Wildman–Crippen LogP) is 3.55. The fraction of sp³-hybridized carbons (Fsp3) is 0.611. The van der Waals surface area contributed by atoms with Crippen molar-refractivity contribution in [2.75, 3.05) is 6.54 Å². The van der Waals surface area contributed by atoms with Crippen LogP contribution in [0, 0.1) is 5.92 Å². The van der Waals surface area contributed by atoms with E-state index in [4.69, 9.17) is 16.3 Å². The van der Waals surface area contributed by atoms with Crippen molar-refractivity contribution in [1.29, 1.82) is 0 Å². The molecule has 23 heavy (non-hydrogen) atoms. The number of ether oxygens (including phenoxy) is 1. The Morgan fingerprint density at radius 2 is 2.13 bits per heavy atom. The number of amides is 1. The molecule has 0 saturated heterocycles. The van der Waals surface area contributed by atoms with Gasteiger partial charge in [-0.1, -0.05) is 43.5 Å². The number of para-hydroxylation sites is 1. The minimum atomic E-state index is -0.337. The fourth-order valence-corrected chi connectivity index (χ4v) is 3.13. The van der Waals surface area contributed by atoms with E-state index in [1.54, 1.807) is 6.07 Å². The van der Waals surface area contributed by atoms with E-state index in [0.29, 0.717) is 23.7 Å². The Kier molecular flexibility index (Phi) is 7.18. The highest BCUT2D eigenvalue weighted by Crippen LogP contribution is 2.27. The Balaban J connectivity index is 1.78. The highest BCUT2D eigenvalue weighted by atomic mass is 35.5. The Morgan fingerprint density at radius 3 is 2.83 bits per heavy atom. The summed E-state index contributed by atoms with van der Waals surface area (Å²) in [6, 6.07) is 7.34.